The largest absolute Gasteiger partial charge is 0.508 e. The molecule has 0 saturated carbocycles. The maximum absolute atomic E-state index is 12.1. The Labute approximate surface area is 131 Å². The van der Waals surface area contributed by atoms with Crippen LogP contribution in [0.3, 0.4) is 0 Å². The molecular formula is C16H16BrNO3. The first kappa shape index (κ1) is 15.4. The Hall–Kier alpha value is -2.01. The van der Waals surface area contributed by atoms with Crippen LogP contribution >= 0.6 is 15.9 Å². The SMILES string of the molecule is O=C(Nc1cccc(CCCBr)c1)c1cc(O)cc(O)c1. The quantitative estimate of drug-likeness (QED) is 0.721. The summed E-state index contributed by atoms with van der Waals surface area (Å²) in [6.07, 6.45) is 1.96. The van der Waals surface area contributed by atoms with Gasteiger partial charge < -0.3 is 15.5 Å². The third-order valence-electron chi connectivity index (χ3n) is 2.95. The molecule has 2 aromatic carbocycles. The first-order chi connectivity index (χ1) is 10.1. The van der Waals surface area contributed by atoms with Crippen molar-refractivity contribution >= 4 is 27.5 Å². The zero-order valence-corrected chi connectivity index (χ0v) is 12.9. The average molecular weight is 350 g/mol. The van der Waals surface area contributed by atoms with Crippen LogP contribution < -0.4 is 5.32 Å². The minimum Gasteiger partial charge on any atom is -0.508 e. The lowest BCUT2D eigenvalue weighted by atomic mass is 10.1. The summed E-state index contributed by atoms with van der Waals surface area (Å²) in [5, 5.41) is 22.5. The number of amides is 1. The van der Waals surface area contributed by atoms with E-state index in [4.69, 9.17) is 0 Å². The standard InChI is InChI=1S/C16H16BrNO3/c17-6-2-4-11-3-1-5-13(7-11)18-16(21)12-8-14(19)10-15(20)9-12/h1,3,5,7-10,19-20H,2,4,6H2,(H,18,21). The molecule has 0 spiro atoms. The van der Waals surface area contributed by atoms with Crippen LogP contribution in [0.15, 0.2) is 42.5 Å². The Bertz CT molecular complexity index is 623. The van der Waals surface area contributed by atoms with Crippen LogP contribution in [-0.2, 0) is 6.42 Å². The molecule has 21 heavy (non-hydrogen) atoms. The van der Waals surface area contributed by atoms with Gasteiger partial charge in [-0.25, -0.2) is 0 Å². The van der Waals surface area contributed by atoms with Crippen LogP contribution in [0.25, 0.3) is 0 Å². The molecule has 0 heterocycles. The number of rotatable bonds is 5. The zero-order chi connectivity index (χ0) is 15.2. The third kappa shape index (κ3) is 4.49. The van der Waals surface area contributed by atoms with Gasteiger partial charge in [0.2, 0.25) is 0 Å². The lowest BCUT2D eigenvalue weighted by Gasteiger charge is -2.08. The van der Waals surface area contributed by atoms with E-state index in [2.05, 4.69) is 21.2 Å². The van der Waals surface area contributed by atoms with Crippen molar-refractivity contribution in [2.45, 2.75) is 12.8 Å². The van der Waals surface area contributed by atoms with Crippen molar-refractivity contribution in [2.75, 3.05) is 10.6 Å². The Morgan fingerprint density at radius 1 is 1.10 bits per heavy atom. The van der Waals surface area contributed by atoms with E-state index in [1.807, 2.05) is 18.2 Å². The summed E-state index contributed by atoms with van der Waals surface area (Å²) in [5.74, 6) is -0.670. The van der Waals surface area contributed by atoms with Gasteiger partial charge in [-0.15, -0.1) is 0 Å². The Kier molecular flexibility index (Phi) is 5.22. The van der Waals surface area contributed by atoms with Gasteiger partial charge >= 0.3 is 0 Å². The van der Waals surface area contributed by atoms with Crippen molar-refractivity contribution in [3.05, 3.63) is 53.6 Å². The zero-order valence-electron chi connectivity index (χ0n) is 11.3. The lowest BCUT2D eigenvalue weighted by molar-refractivity contribution is 0.102. The van der Waals surface area contributed by atoms with Crippen molar-refractivity contribution in [3.8, 4) is 11.5 Å². The monoisotopic (exact) mass is 349 g/mol. The summed E-state index contributed by atoms with van der Waals surface area (Å²) < 4.78 is 0. The van der Waals surface area contributed by atoms with E-state index >= 15 is 0 Å². The fraction of sp³-hybridized carbons (Fsp3) is 0.188. The van der Waals surface area contributed by atoms with E-state index in [0.717, 1.165) is 23.7 Å². The number of phenolic OH excluding ortho intramolecular Hbond substituents is 2. The molecule has 0 atom stereocenters. The fourth-order valence-electron chi connectivity index (χ4n) is 2.01. The number of carbonyl (C=O) groups is 1. The normalized spacial score (nSPS) is 10.3. The first-order valence-electron chi connectivity index (χ1n) is 6.58. The molecule has 2 aromatic rings. The number of alkyl halides is 1. The van der Waals surface area contributed by atoms with E-state index in [1.165, 1.54) is 18.2 Å². The number of anilines is 1. The summed E-state index contributed by atoms with van der Waals surface area (Å²) in [6, 6.07) is 11.4. The van der Waals surface area contributed by atoms with E-state index in [0.29, 0.717) is 5.69 Å². The molecule has 110 valence electrons. The number of hydrogen-bond acceptors (Lipinski definition) is 3. The van der Waals surface area contributed by atoms with Crippen molar-refractivity contribution in [2.24, 2.45) is 0 Å². The maximum atomic E-state index is 12.1. The van der Waals surface area contributed by atoms with Crippen molar-refractivity contribution in [3.63, 3.8) is 0 Å². The van der Waals surface area contributed by atoms with Gasteiger partial charge in [-0.3, -0.25) is 4.79 Å². The highest BCUT2D eigenvalue weighted by Gasteiger charge is 2.09. The number of aryl methyl sites for hydroxylation is 1. The number of nitrogens with one attached hydrogen (secondary N) is 1. The highest BCUT2D eigenvalue weighted by molar-refractivity contribution is 9.09. The van der Waals surface area contributed by atoms with Gasteiger partial charge in [-0.05, 0) is 42.7 Å². The number of hydrogen-bond donors (Lipinski definition) is 3. The number of benzene rings is 2. The van der Waals surface area contributed by atoms with E-state index in [1.54, 1.807) is 6.07 Å². The topological polar surface area (TPSA) is 69.6 Å². The third-order valence-corrected chi connectivity index (χ3v) is 3.51. The Morgan fingerprint density at radius 2 is 1.81 bits per heavy atom. The van der Waals surface area contributed by atoms with Gasteiger partial charge in [-0.1, -0.05) is 28.1 Å². The maximum Gasteiger partial charge on any atom is 0.255 e. The molecule has 0 aliphatic rings. The van der Waals surface area contributed by atoms with Crippen LogP contribution in [-0.4, -0.2) is 21.5 Å². The summed E-state index contributed by atoms with van der Waals surface area (Å²) in [4.78, 5) is 12.1. The summed E-state index contributed by atoms with van der Waals surface area (Å²) in [6.45, 7) is 0. The van der Waals surface area contributed by atoms with Crippen LogP contribution in [0, 0.1) is 0 Å². The smallest absolute Gasteiger partial charge is 0.255 e. The Balaban J connectivity index is 2.11. The van der Waals surface area contributed by atoms with E-state index in [-0.39, 0.29) is 23.0 Å². The minimum atomic E-state index is -0.376. The average Bonchev–Trinajstić information content (AvgIpc) is 2.44. The highest BCUT2D eigenvalue weighted by Crippen LogP contribution is 2.21. The van der Waals surface area contributed by atoms with Gasteiger partial charge in [-0.2, -0.15) is 0 Å². The molecule has 0 saturated heterocycles. The molecule has 4 nitrogen and oxygen atoms in total. The van der Waals surface area contributed by atoms with Crippen LogP contribution in [0.1, 0.15) is 22.3 Å². The summed E-state index contributed by atoms with van der Waals surface area (Å²) >= 11 is 3.39. The molecule has 0 fully saturated rings. The molecule has 3 N–H and O–H groups in total. The summed E-state index contributed by atoms with van der Waals surface area (Å²) in [5.41, 5.74) is 2.04. The van der Waals surface area contributed by atoms with E-state index in [9.17, 15) is 15.0 Å². The highest BCUT2D eigenvalue weighted by atomic mass is 79.9. The number of aromatic hydroxyl groups is 2. The van der Waals surface area contributed by atoms with Crippen molar-refractivity contribution in [1.82, 2.24) is 0 Å². The van der Waals surface area contributed by atoms with Crippen molar-refractivity contribution in [1.29, 1.82) is 0 Å². The predicted molar refractivity (Wildman–Crippen MR) is 86.3 cm³/mol. The van der Waals surface area contributed by atoms with Gasteiger partial charge in [0.05, 0.1) is 0 Å². The molecule has 5 heteroatoms. The van der Waals surface area contributed by atoms with Gasteiger partial charge in [0.25, 0.3) is 5.91 Å². The fourth-order valence-corrected chi connectivity index (χ4v) is 2.29. The lowest BCUT2D eigenvalue weighted by Crippen LogP contribution is -2.11. The van der Waals surface area contributed by atoms with Crippen LogP contribution in [0.4, 0.5) is 5.69 Å². The number of halogens is 1. The Morgan fingerprint density at radius 3 is 2.48 bits per heavy atom. The molecule has 0 aliphatic heterocycles. The second kappa shape index (κ2) is 7.13. The van der Waals surface area contributed by atoms with Crippen LogP contribution in [0.5, 0.6) is 11.5 Å². The molecule has 0 radical (unpaired) electrons. The molecular weight excluding hydrogens is 334 g/mol. The second-order valence-electron chi connectivity index (χ2n) is 4.69. The number of carbonyl (C=O) groups excluding carboxylic acids is 1. The molecule has 0 aromatic heterocycles. The van der Waals surface area contributed by atoms with Gasteiger partial charge in [0.15, 0.2) is 0 Å². The van der Waals surface area contributed by atoms with Crippen LogP contribution in [0.2, 0.25) is 0 Å². The molecule has 1 amide bonds. The second-order valence-corrected chi connectivity index (χ2v) is 5.48. The summed E-state index contributed by atoms with van der Waals surface area (Å²) in [7, 11) is 0. The first-order valence-corrected chi connectivity index (χ1v) is 7.70. The van der Waals surface area contributed by atoms with Gasteiger partial charge in [0, 0.05) is 22.6 Å². The molecule has 0 aliphatic carbocycles. The number of phenols is 2. The minimum absolute atomic E-state index is 0.147. The van der Waals surface area contributed by atoms with E-state index < -0.39 is 0 Å². The van der Waals surface area contributed by atoms with Crippen molar-refractivity contribution < 1.29 is 15.0 Å². The van der Waals surface area contributed by atoms with Gasteiger partial charge in [0.1, 0.15) is 11.5 Å². The molecule has 0 bridgehead atoms. The molecule has 2 rings (SSSR count). The molecule has 0 unspecified atom stereocenters. The predicted octanol–water partition coefficient (Wildman–Crippen LogP) is 3.68.